The molecule has 1 aliphatic heterocycles. The highest BCUT2D eigenvalue weighted by Gasteiger charge is 2.36. The predicted molar refractivity (Wildman–Crippen MR) is 329 cm³/mol. The number of furan rings is 3. The fourth-order valence-corrected chi connectivity index (χ4v) is 13.0. The lowest BCUT2D eigenvalue weighted by Crippen LogP contribution is -2.16. The third-order valence-electron chi connectivity index (χ3n) is 16.6. The predicted octanol–water partition coefficient (Wildman–Crippen LogP) is 20.9. The minimum Gasteiger partial charge on any atom is -0.483 e. The number of allylic oxidation sites excluding steroid dienone is 2. The zero-order valence-corrected chi connectivity index (χ0v) is 43.1. The minimum atomic E-state index is -0.0856. The fraction of sp³-hybridized carbons (Fsp3) is 0.0270. The molecule has 0 amide bonds. The van der Waals surface area contributed by atoms with Crippen LogP contribution in [-0.2, 0) is 0 Å². The van der Waals surface area contributed by atoms with Gasteiger partial charge < -0.3 is 27.8 Å². The Bertz CT molecular complexity index is 5080. The highest BCUT2D eigenvalue weighted by Crippen LogP contribution is 2.53. The van der Waals surface area contributed by atoms with Crippen molar-refractivity contribution in [3.05, 3.63) is 273 Å². The molecular formula is C74H46N2O4. The van der Waals surface area contributed by atoms with Crippen LogP contribution in [0.5, 0.6) is 5.75 Å². The quantitative estimate of drug-likeness (QED) is 0.141. The van der Waals surface area contributed by atoms with Gasteiger partial charge in [0.25, 0.3) is 0 Å². The molecular weight excluding hydrogens is 981 g/mol. The van der Waals surface area contributed by atoms with Gasteiger partial charge in [-0.15, -0.1) is 0 Å². The van der Waals surface area contributed by atoms with Gasteiger partial charge in [0.1, 0.15) is 39.8 Å². The van der Waals surface area contributed by atoms with Gasteiger partial charge >= 0.3 is 0 Å². The van der Waals surface area contributed by atoms with Crippen LogP contribution >= 0.6 is 0 Å². The van der Waals surface area contributed by atoms with Gasteiger partial charge in [-0.2, -0.15) is 0 Å². The molecule has 0 radical (unpaired) electrons. The van der Waals surface area contributed by atoms with E-state index in [-0.39, 0.29) is 12.0 Å². The van der Waals surface area contributed by atoms with E-state index >= 15 is 0 Å². The number of ether oxygens (including phenoxy) is 1. The number of rotatable bonds is 8. The largest absolute Gasteiger partial charge is 0.483 e. The van der Waals surface area contributed by atoms with E-state index in [2.05, 4.69) is 240 Å². The smallest absolute Gasteiger partial charge is 0.159 e. The molecule has 0 bridgehead atoms. The normalized spacial score (nSPS) is 14.8. The summed E-state index contributed by atoms with van der Waals surface area (Å²) < 4.78 is 27.0. The molecule has 6 heteroatoms. The zero-order valence-electron chi connectivity index (χ0n) is 43.1. The summed E-state index contributed by atoms with van der Waals surface area (Å²) in [4.78, 5) is 4.69. The summed E-state index contributed by atoms with van der Waals surface area (Å²) in [5.74, 6) is 1.00. The Morgan fingerprint density at radius 1 is 0.300 bits per heavy atom. The van der Waals surface area contributed by atoms with Crippen molar-refractivity contribution in [1.82, 2.24) is 0 Å². The first-order valence-electron chi connectivity index (χ1n) is 27.3. The summed E-state index contributed by atoms with van der Waals surface area (Å²) in [6.45, 7) is 0. The maximum Gasteiger partial charge on any atom is 0.159 e. The van der Waals surface area contributed by atoms with Crippen molar-refractivity contribution in [2.24, 2.45) is 0 Å². The van der Waals surface area contributed by atoms with E-state index in [4.69, 9.17) is 18.0 Å². The summed E-state index contributed by atoms with van der Waals surface area (Å²) in [5.41, 5.74) is 16.5. The van der Waals surface area contributed by atoms with E-state index in [1.807, 2.05) is 36.4 Å². The maximum absolute atomic E-state index is 6.97. The second kappa shape index (κ2) is 17.5. The van der Waals surface area contributed by atoms with Crippen LogP contribution in [0.3, 0.4) is 0 Å². The number of fused-ring (bicyclic) bond motifs is 14. The summed E-state index contributed by atoms with van der Waals surface area (Å²) in [5, 5.41) is 10.9. The monoisotopic (exact) mass is 1030 g/mol. The molecule has 4 heterocycles. The topological polar surface area (TPSA) is 55.1 Å². The van der Waals surface area contributed by atoms with E-state index in [0.29, 0.717) is 0 Å². The number of nitrogens with zero attached hydrogens (tertiary/aromatic N) is 2. The summed E-state index contributed by atoms with van der Waals surface area (Å²) in [7, 11) is 0. The van der Waals surface area contributed by atoms with Crippen LogP contribution in [0.15, 0.2) is 280 Å². The van der Waals surface area contributed by atoms with E-state index in [0.717, 1.165) is 149 Å². The lowest BCUT2D eigenvalue weighted by Gasteiger charge is -2.29. The number of hydrogen-bond donors (Lipinski definition) is 0. The SMILES string of the molecule is C1=CC2Oc3c(cccc3N(c3ccc4c(c3)oc3ccccc34)c3ccc4c(-c5ccccc5)c5cc(N(c6ccc7c(c6)oc6ccccc67)c6cccc7c6oc6ccccc67)ccc5c(-c5ccccc5)c4c3)C2C=C1. The van der Waals surface area contributed by atoms with Crippen molar-refractivity contribution in [2.45, 2.75) is 12.0 Å². The van der Waals surface area contributed by atoms with Crippen molar-refractivity contribution in [3.8, 4) is 28.0 Å². The Labute approximate surface area is 459 Å². The van der Waals surface area contributed by atoms with Crippen LogP contribution in [0.1, 0.15) is 11.5 Å². The van der Waals surface area contributed by atoms with Gasteiger partial charge in [-0.1, -0.05) is 170 Å². The Morgan fingerprint density at radius 3 is 1.32 bits per heavy atom. The molecule has 2 atom stereocenters. The second-order valence-electron chi connectivity index (χ2n) is 21.0. The second-order valence-corrected chi connectivity index (χ2v) is 21.0. The molecule has 17 rings (SSSR count). The van der Waals surface area contributed by atoms with E-state index in [9.17, 15) is 0 Å². The van der Waals surface area contributed by atoms with Crippen molar-refractivity contribution in [3.63, 3.8) is 0 Å². The van der Waals surface area contributed by atoms with E-state index in [1.165, 1.54) is 5.56 Å². The average molecular weight is 1030 g/mol. The zero-order chi connectivity index (χ0) is 52.4. The van der Waals surface area contributed by atoms with Crippen LogP contribution in [0, 0.1) is 0 Å². The fourth-order valence-electron chi connectivity index (χ4n) is 13.0. The van der Waals surface area contributed by atoms with Gasteiger partial charge in [0.15, 0.2) is 5.58 Å². The maximum atomic E-state index is 6.97. The van der Waals surface area contributed by atoms with Gasteiger partial charge in [-0.3, -0.25) is 0 Å². The van der Waals surface area contributed by atoms with Crippen molar-refractivity contribution < 1.29 is 18.0 Å². The average Bonchev–Trinajstić information content (AvgIpc) is 4.38. The van der Waals surface area contributed by atoms with Crippen molar-refractivity contribution in [1.29, 1.82) is 0 Å². The highest BCUT2D eigenvalue weighted by atomic mass is 16.5. The van der Waals surface area contributed by atoms with Gasteiger partial charge in [-0.25, -0.2) is 0 Å². The number of hydrogen-bond acceptors (Lipinski definition) is 6. The number of benzene rings is 12. The first kappa shape index (κ1) is 44.6. The lowest BCUT2D eigenvalue weighted by atomic mass is 9.85. The van der Waals surface area contributed by atoms with Crippen molar-refractivity contribution >= 4 is 121 Å². The molecule has 0 N–H and O–H groups in total. The molecule has 0 saturated heterocycles. The molecule has 2 aliphatic rings. The summed E-state index contributed by atoms with van der Waals surface area (Å²) in [6, 6.07) is 86.7. The van der Waals surface area contributed by atoms with Crippen LogP contribution in [-0.4, -0.2) is 6.10 Å². The standard InChI is InChI=1S/C74H46N2O4/c1-3-17-45(18-4-1)71-57-39-35-48(76(50-34-38-56-52-22-8-12-30-66(52)78-70(56)44-50)64-28-16-26-60-54-24-10-14-32-68(54)80-74(60)64)42-62(57)72(46-19-5-2-6-20-46)58-40-36-47(41-61(58)71)75(49-33-37-55-51-21-7-11-29-65(51)77-69(55)43-49)63-27-15-25-59-53-23-9-13-31-67(53)79-73(59)63/h1-44,53,67H. The van der Waals surface area contributed by atoms with Gasteiger partial charge in [0, 0.05) is 67.3 Å². The minimum absolute atomic E-state index is 0.0856. The Hall–Kier alpha value is -10.6. The van der Waals surface area contributed by atoms with Crippen LogP contribution in [0.4, 0.5) is 34.1 Å². The van der Waals surface area contributed by atoms with Crippen LogP contribution in [0.25, 0.3) is 110 Å². The number of anilines is 6. The molecule has 80 heavy (non-hydrogen) atoms. The molecule has 2 unspecified atom stereocenters. The third-order valence-corrected chi connectivity index (χ3v) is 16.6. The molecule has 3 aromatic heterocycles. The number of para-hydroxylation sites is 5. The first-order chi connectivity index (χ1) is 39.7. The molecule has 0 spiro atoms. The Kier molecular flexibility index (Phi) is 9.74. The molecule has 376 valence electrons. The van der Waals surface area contributed by atoms with E-state index in [1.54, 1.807) is 0 Å². The van der Waals surface area contributed by atoms with Gasteiger partial charge in [0.05, 0.1) is 22.7 Å². The molecule has 15 aromatic rings. The molecule has 12 aromatic carbocycles. The molecule has 0 fully saturated rings. The molecule has 1 aliphatic carbocycles. The molecule has 6 nitrogen and oxygen atoms in total. The first-order valence-corrected chi connectivity index (χ1v) is 27.3. The van der Waals surface area contributed by atoms with E-state index < -0.39 is 0 Å². The Morgan fingerprint density at radius 2 is 0.738 bits per heavy atom. The summed E-state index contributed by atoms with van der Waals surface area (Å²) in [6.07, 6.45) is 8.56. The van der Waals surface area contributed by atoms with Gasteiger partial charge in [0.2, 0.25) is 0 Å². The highest BCUT2D eigenvalue weighted by molar-refractivity contribution is 6.23. The van der Waals surface area contributed by atoms with Crippen LogP contribution in [0.2, 0.25) is 0 Å². The molecule has 0 saturated carbocycles. The Balaban J connectivity index is 0.933. The van der Waals surface area contributed by atoms with Crippen LogP contribution < -0.4 is 14.5 Å². The van der Waals surface area contributed by atoms with Crippen molar-refractivity contribution in [2.75, 3.05) is 9.80 Å². The summed E-state index contributed by atoms with van der Waals surface area (Å²) >= 11 is 0. The third kappa shape index (κ3) is 6.79. The lowest BCUT2D eigenvalue weighted by molar-refractivity contribution is 0.269. The van der Waals surface area contributed by atoms with Gasteiger partial charge in [-0.05, 0) is 129 Å².